The Labute approximate surface area is 230 Å². The van der Waals surface area contributed by atoms with Gasteiger partial charge in [-0.25, -0.2) is 4.98 Å². The van der Waals surface area contributed by atoms with Crippen LogP contribution < -0.4 is 20.1 Å². The van der Waals surface area contributed by atoms with Gasteiger partial charge in [-0.3, -0.25) is 24.1 Å². The number of ether oxygens (including phenoxy) is 1. The van der Waals surface area contributed by atoms with Crippen LogP contribution in [-0.2, 0) is 9.59 Å². The van der Waals surface area contributed by atoms with Gasteiger partial charge >= 0.3 is 0 Å². The Hall–Kier alpha value is -5.16. The van der Waals surface area contributed by atoms with Gasteiger partial charge in [0, 0.05) is 18.4 Å². The quantitative estimate of drug-likeness (QED) is 0.169. The second-order valence-corrected chi connectivity index (χ2v) is 9.89. The van der Waals surface area contributed by atoms with Gasteiger partial charge in [0.05, 0.1) is 40.2 Å². The summed E-state index contributed by atoms with van der Waals surface area (Å²) in [4.78, 5) is 57.1. The Morgan fingerprint density at radius 1 is 1.05 bits per heavy atom. The van der Waals surface area contributed by atoms with E-state index in [1.54, 1.807) is 67.8 Å². The molecule has 11 heteroatoms. The molecule has 3 amide bonds. The van der Waals surface area contributed by atoms with Crippen LogP contribution in [0, 0.1) is 0 Å². The molecule has 2 aromatic heterocycles. The number of carbonyl (C=O) groups excluding carboxylic acids is 3. The molecule has 0 unspecified atom stereocenters. The Morgan fingerprint density at radius 3 is 2.65 bits per heavy atom. The summed E-state index contributed by atoms with van der Waals surface area (Å²) in [5, 5.41) is 6.08. The van der Waals surface area contributed by atoms with Gasteiger partial charge in [-0.1, -0.05) is 29.5 Å². The molecule has 1 aliphatic heterocycles. The summed E-state index contributed by atoms with van der Waals surface area (Å²) in [5.74, 6) is -0.598. The summed E-state index contributed by atoms with van der Waals surface area (Å²) in [6.45, 7) is 0. The molecule has 40 heavy (non-hydrogen) atoms. The van der Waals surface area contributed by atoms with Crippen molar-refractivity contribution in [1.82, 2.24) is 4.98 Å². The third-order valence-corrected chi connectivity index (χ3v) is 7.37. The van der Waals surface area contributed by atoms with E-state index in [1.165, 1.54) is 29.9 Å². The van der Waals surface area contributed by atoms with E-state index in [2.05, 4.69) is 10.1 Å². The molecule has 5 aromatic rings. The van der Waals surface area contributed by atoms with Crippen molar-refractivity contribution in [1.29, 1.82) is 0 Å². The van der Waals surface area contributed by atoms with Crippen molar-refractivity contribution in [3.05, 3.63) is 94.3 Å². The number of nitrogens with zero attached hydrogens (tertiary/aromatic N) is 4. The first-order valence-corrected chi connectivity index (χ1v) is 13.0. The summed E-state index contributed by atoms with van der Waals surface area (Å²) in [6, 6.07) is 18.4. The highest BCUT2D eigenvalue weighted by Crippen LogP contribution is 2.33. The Bertz CT molecular complexity index is 1890. The van der Waals surface area contributed by atoms with Gasteiger partial charge in [0.15, 0.2) is 0 Å². The molecule has 198 valence electrons. The number of carbonyl (C=O) groups is 3. The number of hydrogen-bond acceptors (Lipinski definition) is 9. The zero-order valence-corrected chi connectivity index (χ0v) is 21.9. The van der Waals surface area contributed by atoms with Crippen LogP contribution in [0.3, 0.4) is 0 Å². The summed E-state index contributed by atoms with van der Waals surface area (Å²) in [5.41, 5.74) is 1.36. The van der Waals surface area contributed by atoms with Crippen molar-refractivity contribution in [3.63, 3.8) is 0 Å². The van der Waals surface area contributed by atoms with Crippen molar-refractivity contribution in [2.45, 2.75) is 12.8 Å². The van der Waals surface area contributed by atoms with Crippen molar-refractivity contribution in [3.8, 4) is 5.75 Å². The monoisotopic (exact) mass is 552 g/mol. The average Bonchev–Trinajstić information content (AvgIpc) is 3.55. The van der Waals surface area contributed by atoms with Gasteiger partial charge < -0.3 is 9.15 Å². The number of imide groups is 1. The van der Waals surface area contributed by atoms with Crippen LogP contribution in [0.1, 0.15) is 28.8 Å². The zero-order chi connectivity index (χ0) is 27.8. The van der Waals surface area contributed by atoms with Crippen LogP contribution in [0.4, 0.5) is 10.8 Å². The lowest BCUT2D eigenvalue weighted by molar-refractivity contribution is -0.121. The Kier molecular flexibility index (Phi) is 6.40. The van der Waals surface area contributed by atoms with Gasteiger partial charge in [-0.05, 0) is 48.5 Å². The smallest absolute Gasteiger partial charge is 0.280 e. The molecule has 0 aliphatic carbocycles. The fourth-order valence-corrected chi connectivity index (χ4v) is 5.32. The topological polar surface area (TPSA) is 122 Å². The standard InChI is InChI=1S/C29H20N4O6S/c1-38-20-9-10-22-24(14-20)40-29(31-22)33(30-15-18-16-39-23-8-3-2-7-21(23)27(18)36)28(37)17-5-4-6-19(13-17)32-25(34)11-12-26(32)35/h2-10,13-16H,11-12H2,1H3/b30-15+. The molecular weight excluding hydrogens is 532 g/mol. The lowest BCUT2D eigenvalue weighted by atomic mass is 10.1. The number of hydrazone groups is 1. The molecule has 0 atom stereocenters. The minimum atomic E-state index is -0.576. The first kappa shape index (κ1) is 25.1. The first-order chi connectivity index (χ1) is 19.4. The normalized spacial score (nSPS) is 13.6. The molecule has 3 aromatic carbocycles. The summed E-state index contributed by atoms with van der Waals surface area (Å²) in [6.07, 6.45) is 2.78. The molecule has 3 heterocycles. The van der Waals surface area contributed by atoms with E-state index >= 15 is 0 Å². The molecular formula is C29H20N4O6S. The summed E-state index contributed by atoms with van der Waals surface area (Å²) < 4.78 is 11.6. The fourth-order valence-electron chi connectivity index (χ4n) is 4.37. The van der Waals surface area contributed by atoms with Crippen molar-refractivity contribution < 1.29 is 23.5 Å². The average molecular weight is 553 g/mol. The Balaban J connectivity index is 1.43. The Morgan fingerprint density at radius 2 is 1.85 bits per heavy atom. The lowest BCUT2D eigenvalue weighted by Gasteiger charge is -2.17. The maximum atomic E-state index is 13.9. The van der Waals surface area contributed by atoms with Crippen LogP contribution in [0.2, 0.25) is 0 Å². The number of benzene rings is 3. The van der Waals surface area contributed by atoms with Crippen molar-refractivity contribution >= 4 is 67.3 Å². The molecule has 6 rings (SSSR count). The zero-order valence-electron chi connectivity index (χ0n) is 21.1. The number of anilines is 2. The van der Waals surface area contributed by atoms with E-state index < -0.39 is 5.91 Å². The van der Waals surface area contributed by atoms with E-state index in [9.17, 15) is 19.2 Å². The highest BCUT2D eigenvalue weighted by molar-refractivity contribution is 7.22. The van der Waals surface area contributed by atoms with E-state index in [4.69, 9.17) is 9.15 Å². The fraction of sp³-hybridized carbons (Fsp3) is 0.103. The molecule has 0 N–H and O–H groups in total. The van der Waals surface area contributed by atoms with Crippen LogP contribution in [0.25, 0.3) is 21.2 Å². The third-order valence-electron chi connectivity index (χ3n) is 6.38. The van der Waals surface area contributed by atoms with Crippen molar-refractivity contribution in [2.75, 3.05) is 17.0 Å². The number of hydrogen-bond donors (Lipinski definition) is 0. The molecule has 0 bridgehead atoms. The lowest BCUT2D eigenvalue weighted by Crippen LogP contribution is -2.30. The maximum absolute atomic E-state index is 13.9. The van der Waals surface area contributed by atoms with Gasteiger partial charge in [0.2, 0.25) is 22.4 Å². The molecule has 0 spiro atoms. The third kappa shape index (κ3) is 4.52. The predicted molar refractivity (Wildman–Crippen MR) is 151 cm³/mol. The second kappa shape index (κ2) is 10.2. The van der Waals surface area contributed by atoms with Crippen LogP contribution in [0.15, 0.2) is 87.3 Å². The molecule has 0 radical (unpaired) electrons. The largest absolute Gasteiger partial charge is 0.497 e. The van der Waals surface area contributed by atoms with Gasteiger partial charge in [0.25, 0.3) is 5.91 Å². The molecule has 0 saturated carbocycles. The molecule has 10 nitrogen and oxygen atoms in total. The maximum Gasteiger partial charge on any atom is 0.280 e. The number of fused-ring (bicyclic) bond motifs is 2. The molecule has 1 aliphatic rings. The van der Waals surface area contributed by atoms with E-state index in [-0.39, 0.29) is 46.3 Å². The van der Waals surface area contributed by atoms with Crippen molar-refractivity contribution in [2.24, 2.45) is 5.10 Å². The van der Waals surface area contributed by atoms with Crippen LogP contribution >= 0.6 is 11.3 Å². The van der Waals surface area contributed by atoms with Gasteiger partial charge in [-0.15, -0.1) is 0 Å². The number of amides is 3. The number of aromatic nitrogens is 1. The van der Waals surface area contributed by atoms with E-state index in [0.29, 0.717) is 27.9 Å². The van der Waals surface area contributed by atoms with Gasteiger partial charge in [-0.2, -0.15) is 10.1 Å². The summed E-state index contributed by atoms with van der Waals surface area (Å²) >= 11 is 1.21. The number of thiazole rings is 1. The minimum absolute atomic E-state index is 0.122. The SMILES string of the molecule is COc1ccc2nc(N(/N=C/c3coc4ccccc4c3=O)C(=O)c3cccc(N4C(=O)CCC4=O)c3)sc2c1. The van der Waals surface area contributed by atoms with Crippen LogP contribution in [0.5, 0.6) is 5.75 Å². The minimum Gasteiger partial charge on any atom is -0.497 e. The molecule has 1 saturated heterocycles. The first-order valence-electron chi connectivity index (χ1n) is 12.2. The molecule has 1 fully saturated rings. The number of rotatable bonds is 6. The van der Waals surface area contributed by atoms with Gasteiger partial charge in [0.1, 0.15) is 17.6 Å². The second-order valence-electron chi connectivity index (χ2n) is 8.88. The summed E-state index contributed by atoms with van der Waals surface area (Å²) in [7, 11) is 1.56. The number of para-hydroxylation sites is 1. The predicted octanol–water partition coefficient (Wildman–Crippen LogP) is 4.75. The number of methoxy groups -OCH3 is 1. The highest BCUT2D eigenvalue weighted by atomic mass is 32.1. The van der Waals surface area contributed by atoms with E-state index in [1.807, 2.05) is 0 Å². The highest BCUT2D eigenvalue weighted by Gasteiger charge is 2.31. The van der Waals surface area contributed by atoms with Crippen LogP contribution in [-0.4, -0.2) is 36.0 Å². The van der Waals surface area contributed by atoms with E-state index in [0.717, 1.165) is 14.6 Å².